The van der Waals surface area contributed by atoms with Gasteiger partial charge in [-0.2, -0.15) is 0 Å². The molecule has 3 aromatic rings. The number of amides is 2. The molecule has 8 heteroatoms. The van der Waals surface area contributed by atoms with Crippen molar-refractivity contribution in [1.29, 1.82) is 0 Å². The van der Waals surface area contributed by atoms with Gasteiger partial charge in [0.05, 0.1) is 13.2 Å². The smallest absolute Gasteiger partial charge is 0.319 e. The van der Waals surface area contributed by atoms with E-state index in [1.165, 1.54) is 0 Å². The molecule has 0 aliphatic carbocycles. The minimum atomic E-state index is -0.218. The van der Waals surface area contributed by atoms with E-state index in [0.717, 1.165) is 35.7 Å². The van der Waals surface area contributed by atoms with Crippen molar-refractivity contribution in [2.24, 2.45) is 0 Å². The highest BCUT2D eigenvalue weighted by Gasteiger charge is 2.18. The number of rotatable bonds is 4. The monoisotopic (exact) mass is 366 g/mol. The molecule has 2 amide bonds. The van der Waals surface area contributed by atoms with Gasteiger partial charge in [-0.25, -0.2) is 14.3 Å². The lowest BCUT2D eigenvalue weighted by Crippen LogP contribution is -2.37. The van der Waals surface area contributed by atoms with Crippen LogP contribution in [0.5, 0.6) is 0 Å². The summed E-state index contributed by atoms with van der Waals surface area (Å²) >= 11 is 0. The maximum absolute atomic E-state index is 11.6. The van der Waals surface area contributed by atoms with Crippen molar-refractivity contribution < 1.29 is 9.53 Å². The summed E-state index contributed by atoms with van der Waals surface area (Å²) in [6.45, 7) is 5.49. The molecule has 2 N–H and O–H groups in total. The fourth-order valence-corrected chi connectivity index (χ4v) is 3.09. The first-order chi connectivity index (χ1) is 13.2. The zero-order valence-electron chi connectivity index (χ0n) is 15.2. The van der Waals surface area contributed by atoms with Crippen LogP contribution in [0, 0.1) is 0 Å². The summed E-state index contributed by atoms with van der Waals surface area (Å²) in [5, 5.41) is 10.1. The first kappa shape index (κ1) is 17.3. The third kappa shape index (κ3) is 3.70. The molecule has 1 fully saturated rings. The Kier molecular flexibility index (Phi) is 4.88. The Balaban J connectivity index is 1.64. The van der Waals surface area contributed by atoms with Crippen LogP contribution in [0.15, 0.2) is 42.6 Å². The summed E-state index contributed by atoms with van der Waals surface area (Å²) in [5.74, 6) is 1.56. The summed E-state index contributed by atoms with van der Waals surface area (Å²) < 4.78 is 7.32. The minimum Gasteiger partial charge on any atom is -0.378 e. The summed E-state index contributed by atoms with van der Waals surface area (Å²) in [5.41, 5.74) is 2.59. The molecule has 8 nitrogen and oxygen atoms in total. The van der Waals surface area contributed by atoms with Crippen molar-refractivity contribution >= 4 is 23.1 Å². The van der Waals surface area contributed by atoms with E-state index in [2.05, 4.69) is 20.6 Å². The molecule has 27 heavy (non-hydrogen) atoms. The second kappa shape index (κ2) is 7.63. The Morgan fingerprint density at radius 1 is 1.19 bits per heavy atom. The molecule has 0 saturated carbocycles. The van der Waals surface area contributed by atoms with E-state index in [9.17, 15) is 4.79 Å². The van der Waals surface area contributed by atoms with E-state index in [4.69, 9.17) is 9.72 Å². The van der Waals surface area contributed by atoms with Crippen molar-refractivity contribution in [2.75, 3.05) is 43.1 Å². The normalized spacial score (nSPS) is 14.3. The third-order valence-electron chi connectivity index (χ3n) is 4.42. The zero-order chi connectivity index (χ0) is 18.6. The topological polar surface area (TPSA) is 83.8 Å². The molecule has 3 heterocycles. The lowest BCUT2D eigenvalue weighted by atomic mass is 10.2. The van der Waals surface area contributed by atoms with Crippen LogP contribution in [0.25, 0.3) is 16.9 Å². The number of benzene rings is 1. The maximum Gasteiger partial charge on any atom is 0.319 e. The van der Waals surface area contributed by atoms with Crippen LogP contribution in [-0.4, -0.2) is 53.5 Å². The van der Waals surface area contributed by atoms with Crippen LogP contribution in [0.3, 0.4) is 0 Å². The van der Waals surface area contributed by atoms with E-state index < -0.39 is 0 Å². The molecule has 2 aromatic heterocycles. The average Bonchev–Trinajstić information content (AvgIpc) is 3.17. The van der Waals surface area contributed by atoms with E-state index in [0.29, 0.717) is 25.6 Å². The number of morpholine rings is 1. The van der Waals surface area contributed by atoms with Crippen molar-refractivity contribution in [1.82, 2.24) is 19.9 Å². The molecule has 140 valence electrons. The number of nitrogens with one attached hydrogen (secondary N) is 2. The lowest BCUT2D eigenvalue weighted by molar-refractivity contribution is 0.122. The Hall–Kier alpha value is -3.13. The van der Waals surface area contributed by atoms with Gasteiger partial charge in [0.15, 0.2) is 11.6 Å². The molecule has 1 saturated heterocycles. The van der Waals surface area contributed by atoms with Crippen LogP contribution in [0.1, 0.15) is 6.92 Å². The summed E-state index contributed by atoms with van der Waals surface area (Å²) in [6, 6.07) is 11.3. The maximum atomic E-state index is 11.6. The van der Waals surface area contributed by atoms with Crippen molar-refractivity contribution in [3.05, 3.63) is 42.6 Å². The Bertz CT molecular complexity index is 931. The van der Waals surface area contributed by atoms with Crippen LogP contribution in [0.2, 0.25) is 0 Å². The van der Waals surface area contributed by atoms with Gasteiger partial charge in [-0.15, -0.1) is 5.10 Å². The SMILES string of the molecule is CCNC(=O)Nc1ccc(-c2nc(N3CCOCC3)c3cccn3n2)cc1. The number of urea groups is 1. The van der Waals surface area contributed by atoms with Gasteiger partial charge in [-0.1, -0.05) is 0 Å². The standard InChI is InChI=1S/C19H22N6O2/c1-2-20-19(26)21-15-7-5-14(6-8-15)17-22-18(24-10-12-27-13-11-24)16-4-3-9-25(16)23-17/h3-9H,2,10-13H2,1H3,(H2,20,21,26). The van der Waals surface area contributed by atoms with Gasteiger partial charge >= 0.3 is 6.03 Å². The fourth-order valence-electron chi connectivity index (χ4n) is 3.09. The second-order valence-electron chi connectivity index (χ2n) is 6.26. The van der Waals surface area contributed by atoms with Crippen LogP contribution < -0.4 is 15.5 Å². The number of carbonyl (C=O) groups is 1. The molecule has 0 spiro atoms. The molecule has 1 aromatic carbocycles. The lowest BCUT2D eigenvalue weighted by Gasteiger charge is -2.28. The highest BCUT2D eigenvalue weighted by atomic mass is 16.5. The number of aromatic nitrogens is 3. The number of fused-ring (bicyclic) bond motifs is 1. The molecule has 0 atom stereocenters. The van der Waals surface area contributed by atoms with Crippen LogP contribution in [-0.2, 0) is 4.74 Å². The quantitative estimate of drug-likeness (QED) is 0.741. The van der Waals surface area contributed by atoms with Gasteiger partial charge in [0.2, 0.25) is 0 Å². The summed E-state index contributed by atoms with van der Waals surface area (Å²) in [6.07, 6.45) is 1.93. The Morgan fingerprint density at radius 2 is 1.96 bits per heavy atom. The molecular weight excluding hydrogens is 344 g/mol. The van der Waals surface area contributed by atoms with E-state index >= 15 is 0 Å². The van der Waals surface area contributed by atoms with Crippen molar-refractivity contribution in [2.45, 2.75) is 6.92 Å². The molecule has 0 unspecified atom stereocenters. The molecule has 1 aliphatic rings. The Labute approximate surface area is 157 Å². The Morgan fingerprint density at radius 3 is 2.70 bits per heavy atom. The van der Waals surface area contributed by atoms with E-state index in [-0.39, 0.29) is 6.03 Å². The first-order valence-electron chi connectivity index (χ1n) is 9.08. The first-order valence-corrected chi connectivity index (χ1v) is 9.08. The van der Waals surface area contributed by atoms with E-state index in [1.54, 1.807) is 0 Å². The number of carbonyl (C=O) groups excluding carboxylic acids is 1. The highest BCUT2D eigenvalue weighted by Crippen LogP contribution is 2.25. The van der Waals surface area contributed by atoms with Gasteiger partial charge in [0.1, 0.15) is 5.52 Å². The van der Waals surface area contributed by atoms with Crippen molar-refractivity contribution in [3.8, 4) is 11.4 Å². The molecule has 4 rings (SSSR count). The number of anilines is 2. The molecule has 1 aliphatic heterocycles. The number of hydrogen-bond acceptors (Lipinski definition) is 5. The third-order valence-corrected chi connectivity index (χ3v) is 4.42. The predicted octanol–water partition coefficient (Wildman–Crippen LogP) is 2.37. The number of ether oxygens (including phenoxy) is 1. The predicted molar refractivity (Wildman–Crippen MR) is 104 cm³/mol. The minimum absolute atomic E-state index is 0.218. The molecule has 0 bridgehead atoms. The zero-order valence-corrected chi connectivity index (χ0v) is 15.2. The highest BCUT2D eigenvalue weighted by molar-refractivity contribution is 5.89. The van der Waals surface area contributed by atoms with Crippen molar-refractivity contribution in [3.63, 3.8) is 0 Å². The van der Waals surface area contributed by atoms with Gasteiger partial charge in [-0.3, -0.25) is 0 Å². The number of nitrogens with zero attached hydrogens (tertiary/aromatic N) is 4. The van der Waals surface area contributed by atoms with Crippen LogP contribution >= 0.6 is 0 Å². The summed E-state index contributed by atoms with van der Waals surface area (Å²) in [4.78, 5) is 18.7. The molecule has 0 radical (unpaired) electrons. The molecular formula is C19H22N6O2. The van der Waals surface area contributed by atoms with Gasteiger partial charge in [-0.05, 0) is 43.3 Å². The van der Waals surface area contributed by atoms with E-state index in [1.807, 2.05) is 54.0 Å². The van der Waals surface area contributed by atoms with Gasteiger partial charge in [0, 0.05) is 37.1 Å². The second-order valence-corrected chi connectivity index (χ2v) is 6.26. The fraction of sp³-hybridized carbons (Fsp3) is 0.316. The van der Waals surface area contributed by atoms with Gasteiger partial charge in [0.25, 0.3) is 0 Å². The largest absolute Gasteiger partial charge is 0.378 e. The van der Waals surface area contributed by atoms with Gasteiger partial charge < -0.3 is 20.3 Å². The van der Waals surface area contributed by atoms with Crippen LogP contribution in [0.4, 0.5) is 16.3 Å². The average molecular weight is 366 g/mol. The number of hydrogen-bond donors (Lipinski definition) is 2. The summed E-state index contributed by atoms with van der Waals surface area (Å²) in [7, 11) is 0.